The first-order valence-electron chi connectivity index (χ1n) is 6.33. The van der Waals surface area contributed by atoms with E-state index in [4.69, 9.17) is 23.2 Å². The number of nitrogens with one attached hydrogen (secondary N) is 1. The average molecular weight is 286 g/mol. The van der Waals surface area contributed by atoms with Gasteiger partial charge < -0.3 is 5.32 Å². The molecule has 0 amide bonds. The van der Waals surface area contributed by atoms with Crippen molar-refractivity contribution < 1.29 is 4.79 Å². The van der Waals surface area contributed by atoms with Gasteiger partial charge in [-0.05, 0) is 38.0 Å². The molecule has 2 nitrogen and oxygen atoms in total. The zero-order chi connectivity index (χ0) is 13.1. The van der Waals surface area contributed by atoms with Gasteiger partial charge in [0.2, 0.25) is 0 Å². The molecule has 4 heteroatoms. The summed E-state index contributed by atoms with van der Waals surface area (Å²) in [6.45, 7) is 1.91. The fourth-order valence-corrected chi connectivity index (χ4v) is 2.72. The van der Waals surface area contributed by atoms with E-state index in [1.165, 1.54) is 25.7 Å². The molecule has 1 unspecified atom stereocenters. The number of carbonyl (C=O) groups is 1. The van der Waals surface area contributed by atoms with Gasteiger partial charge in [-0.2, -0.15) is 0 Å². The summed E-state index contributed by atoms with van der Waals surface area (Å²) in [6.07, 6.45) is 4.84. The Morgan fingerprint density at radius 1 is 1.28 bits per heavy atom. The highest BCUT2D eigenvalue weighted by atomic mass is 35.5. The summed E-state index contributed by atoms with van der Waals surface area (Å²) in [4.78, 5) is 12.2. The highest BCUT2D eigenvalue weighted by Gasteiger charge is 2.21. The minimum Gasteiger partial charge on any atom is -0.305 e. The Morgan fingerprint density at radius 2 is 1.94 bits per heavy atom. The van der Waals surface area contributed by atoms with Crippen LogP contribution in [-0.2, 0) is 0 Å². The highest BCUT2D eigenvalue weighted by Crippen LogP contribution is 2.24. The maximum Gasteiger partial charge on any atom is 0.179 e. The fourth-order valence-electron chi connectivity index (χ4n) is 2.42. The molecule has 0 bridgehead atoms. The standard InChI is InChI=1S/C14H17Cl2NO/c1-9(17-11-4-2-3-5-11)14(18)10-6-7-12(15)13(16)8-10/h6-9,11,17H,2-5H2,1H3. The molecule has 18 heavy (non-hydrogen) atoms. The SMILES string of the molecule is CC(NC1CCCC1)C(=O)c1ccc(Cl)c(Cl)c1. The molecule has 98 valence electrons. The Labute approximate surface area is 118 Å². The van der Waals surface area contributed by atoms with Crippen molar-refractivity contribution in [1.29, 1.82) is 0 Å². The van der Waals surface area contributed by atoms with Gasteiger partial charge in [0, 0.05) is 11.6 Å². The van der Waals surface area contributed by atoms with E-state index in [-0.39, 0.29) is 11.8 Å². The Balaban J connectivity index is 2.02. The first-order valence-corrected chi connectivity index (χ1v) is 7.09. The molecule has 1 N–H and O–H groups in total. The predicted molar refractivity (Wildman–Crippen MR) is 75.6 cm³/mol. The van der Waals surface area contributed by atoms with Crippen LogP contribution in [0.5, 0.6) is 0 Å². The maximum atomic E-state index is 12.2. The zero-order valence-electron chi connectivity index (χ0n) is 10.4. The summed E-state index contributed by atoms with van der Waals surface area (Å²) in [5.74, 6) is 0.0699. The van der Waals surface area contributed by atoms with Crippen LogP contribution in [0.3, 0.4) is 0 Å². The molecule has 1 aromatic rings. The minimum atomic E-state index is -0.176. The second-order valence-corrected chi connectivity index (χ2v) is 5.68. The number of benzene rings is 1. The second-order valence-electron chi connectivity index (χ2n) is 4.86. The van der Waals surface area contributed by atoms with E-state index in [2.05, 4.69) is 5.32 Å². The van der Waals surface area contributed by atoms with Crippen LogP contribution in [-0.4, -0.2) is 17.9 Å². The summed E-state index contributed by atoms with van der Waals surface area (Å²) in [6, 6.07) is 5.33. The lowest BCUT2D eigenvalue weighted by Gasteiger charge is -2.18. The van der Waals surface area contributed by atoms with Gasteiger partial charge in [0.1, 0.15) is 0 Å². The van der Waals surface area contributed by atoms with Crippen molar-refractivity contribution in [2.75, 3.05) is 0 Å². The number of halogens is 2. The smallest absolute Gasteiger partial charge is 0.179 e. The van der Waals surface area contributed by atoms with Crippen molar-refractivity contribution in [3.05, 3.63) is 33.8 Å². The predicted octanol–water partition coefficient (Wildman–Crippen LogP) is 4.10. The minimum absolute atomic E-state index is 0.0699. The lowest BCUT2D eigenvalue weighted by Crippen LogP contribution is -2.40. The van der Waals surface area contributed by atoms with Crippen LogP contribution in [0, 0.1) is 0 Å². The van der Waals surface area contributed by atoms with Gasteiger partial charge in [0.05, 0.1) is 16.1 Å². The van der Waals surface area contributed by atoms with Crippen molar-refractivity contribution in [2.45, 2.75) is 44.7 Å². The van der Waals surface area contributed by atoms with E-state index in [9.17, 15) is 4.79 Å². The van der Waals surface area contributed by atoms with Gasteiger partial charge in [-0.1, -0.05) is 36.0 Å². The van der Waals surface area contributed by atoms with Crippen molar-refractivity contribution in [3.63, 3.8) is 0 Å². The fraction of sp³-hybridized carbons (Fsp3) is 0.500. The average Bonchev–Trinajstić information content (AvgIpc) is 2.84. The van der Waals surface area contributed by atoms with E-state index >= 15 is 0 Å². The molecule has 2 rings (SSSR count). The van der Waals surface area contributed by atoms with Crippen LogP contribution in [0.2, 0.25) is 10.0 Å². The lowest BCUT2D eigenvalue weighted by molar-refractivity contribution is 0.0944. The van der Waals surface area contributed by atoms with Crippen molar-refractivity contribution in [3.8, 4) is 0 Å². The van der Waals surface area contributed by atoms with Gasteiger partial charge in [-0.25, -0.2) is 0 Å². The third-order valence-corrected chi connectivity index (χ3v) is 4.18. The summed E-state index contributed by atoms with van der Waals surface area (Å²) in [5.41, 5.74) is 0.613. The molecule has 1 saturated carbocycles. The lowest BCUT2D eigenvalue weighted by atomic mass is 10.0. The molecule has 0 aliphatic heterocycles. The number of hydrogen-bond donors (Lipinski definition) is 1. The number of hydrogen-bond acceptors (Lipinski definition) is 2. The summed E-state index contributed by atoms with van der Waals surface area (Å²) in [7, 11) is 0. The Hall–Kier alpha value is -0.570. The third-order valence-electron chi connectivity index (χ3n) is 3.44. The molecule has 1 aliphatic carbocycles. The van der Waals surface area contributed by atoms with Crippen LogP contribution in [0.4, 0.5) is 0 Å². The van der Waals surface area contributed by atoms with Crippen LogP contribution in [0.1, 0.15) is 43.0 Å². The van der Waals surface area contributed by atoms with Gasteiger partial charge in [-0.15, -0.1) is 0 Å². The van der Waals surface area contributed by atoms with Gasteiger partial charge in [0.25, 0.3) is 0 Å². The first kappa shape index (κ1) is 13.9. The molecule has 0 saturated heterocycles. The Kier molecular flexibility index (Phi) is 4.66. The topological polar surface area (TPSA) is 29.1 Å². The Morgan fingerprint density at radius 3 is 2.56 bits per heavy atom. The molecular formula is C14H17Cl2NO. The molecule has 0 spiro atoms. The number of Topliss-reactive ketones (excluding diaryl/α,β-unsaturated/α-hetero) is 1. The van der Waals surface area contributed by atoms with Crippen LogP contribution >= 0.6 is 23.2 Å². The normalized spacial score (nSPS) is 17.9. The monoisotopic (exact) mass is 285 g/mol. The first-order chi connectivity index (χ1) is 8.58. The molecular weight excluding hydrogens is 269 g/mol. The number of carbonyl (C=O) groups excluding carboxylic acids is 1. The van der Waals surface area contributed by atoms with Gasteiger partial charge in [-0.3, -0.25) is 4.79 Å². The van der Waals surface area contributed by atoms with Gasteiger partial charge in [0.15, 0.2) is 5.78 Å². The van der Waals surface area contributed by atoms with Crippen LogP contribution in [0.25, 0.3) is 0 Å². The summed E-state index contributed by atoms with van der Waals surface area (Å²) in [5, 5.41) is 4.29. The number of ketones is 1. The van der Waals surface area contributed by atoms with E-state index < -0.39 is 0 Å². The zero-order valence-corrected chi connectivity index (χ0v) is 11.9. The quantitative estimate of drug-likeness (QED) is 0.844. The van der Waals surface area contributed by atoms with Crippen molar-refractivity contribution in [2.24, 2.45) is 0 Å². The highest BCUT2D eigenvalue weighted by molar-refractivity contribution is 6.42. The largest absolute Gasteiger partial charge is 0.305 e. The second kappa shape index (κ2) is 6.05. The summed E-state index contributed by atoms with van der Waals surface area (Å²) < 4.78 is 0. The molecule has 0 heterocycles. The maximum absolute atomic E-state index is 12.2. The molecule has 1 aromatic carbocycles. The number of rotatable bonds is 4. The van der Waals surface area contributed by atoms with E-state index in [1.807, 2.05) is 6.92 Å². The third kappa shape index (κ3) is 3.25. The Bertz CT molecular complexity index is 441. The molecule has 1 fully saturated rings. The molecule has 0 radical (unpaired) electrons. The van der Waals surface area contributed by atoms with Crippen molar-refractivity contribution >= 4 is 29.0 Å². The van der Waals surface area contributed by atoms with E-state index in [0.29, 0.717) is 21.7 Å². The van der Waals surface area contributed by atoms with Crippen LogP contribution in [0.15, 0.2) is 18.2 Å². The summed E-state index contributed by atoms with van der Waals surface area (Å²) >= 11 is 11.8. The van der Waals surface area contributed by atoms with E-state index in [0.717, 1.165) is 0 Å². The van der Waals surface area contributed by atoms with Crippen LogP contribution < -0.4 is 5.32 Å². The van der Waals surface area contributed by atoms with E-state index in [1.54, 1.807) is 18.2 Å². The van der Waals surface area contributed by atoms with Crippen molar-refractivity contribution in [1.82, 2.24) is 5.32 Å². The molecule has 1 aliphatic rings. The molecule has 0 aromatic heterocycles. The molecule has 1 atom stereocenters. The van der Waals surface area contributed by atoms with Gasteiger partial charge >= 0.3 is 0 Å².